The van der Waals surface area contributed by atoms with E-state index in [1.807, 2.05) is 0 Å². The molecule has 0 saturated heterocycles. The van der Waals surface area contributed by atoms with Crippen LogP contribution in [0.2, 0.25) is 0 Å². The molecular weight excluding hydrogens is 492 g/mol. The van der Waals surface area contributed by atoms with E-state index >= 15 is 0 Å². The monoisotopic (exact) mass is 532 g/mol. The van der Waals surface area contributed by atoms with Crippen molar-refractivity contribution in [1.29, 1.82) is 0 Å². The van der Waals surface area contributed by atoms with Crippen molar-refractivity contribution in [3.05, 3.63) is 130 Å². The van der Waals surface area contributed by atoms with E-state index in [0.29, 0.717) is 6.54 Å². The normalized spacial score (nSPS) is 18.5. The topological polar surface area (TPSA) is 24.1 Å². The van der Waals surface area contributed by atoms with Crippen LogP contribution in [0.25, 0.3) is 11.1 Å². The number of hydrogen-bond donors (Lipinski definition) is 2. The van der Waals surface area contributed by atoms with Gasteiger partial charge in [-0.1, -0.05) is 125 Å². The molecule has 3 heteroatoms. The van der Waals surface area contributed by atoms with Gasteiger partial charge < -0.3 is 10.6 Å². The second kappa shape index (κ2) is 11.4. The number of rotatable bonds is 7. The van der Waals surface area contributed by atoms with Crippen LogP contribution in [0.1, 0.15) is 69.6 Å². The first-order chi connectivity index (χ1) is 18.8. The molecule has 5 rings (SSSR count). The maximum Gasteiger partial charge on any atom is 0.105 e. The summed E-state index contributed by atoms with van der Waals surface area (Å²) in [5, 5.41) is 7.46. The van der Waals surface area contributed by atoms with Gasteiger partial charge >= 0.3 is 0 Å². The van der Waals surface area contributed by atoms with Gasteiger partial charge in [-0.2, -0.15) is 0 Å². The van der Waals surface area contributed by atoms with Gasteiger partial charge in [0.15, 0.2) is 0 Å². The number of benzene rings is 3. The van der Waals surface area contributed by atoms with E-state index in [4.69, 9.17) is 12.2 Å². The highest BCUT2D eigenvalue weighted by Gasteiger charge is 2.39. The van der Waals surface area contributed by atoms with E-state index in [-0.39, 0.29) is 11.3 Å². The largest absolute Gasteiger partial charge is 0.372 e. The summed E-state index contributed by atoms with van der Waals surface area (Å²) in [5.74, 6) is 0.0621. The summed E-state index contributed by atoms with van der Waals surface area (Å²) in [6, 6.07) is 28.5. The zero-order chi connectivity index (χ0) is 27.6. The summed E-state index contributed by atoms with van der Waals surface area (Å²) in [5.41, 5.74) is 12.8. The minimum absolute atomic E-state index is 0.0621. The van der Waals surface area contributed by atoms with Gasteiger partial charge in [-0.05, 0) is 70.1 Å². The van der Waals surface area contributed by atoms with Crippen molar-refractivity contribution in [2.45, 2.75) is 65.8 Å². The molecule has 2 N–H and O–H groups in total. The average molecular weight is 533 g/mol. The van der Waals surface area contributed by atoms with Crippen molar-refractivity contribution in [2.24, 2.45) is 5.41 Å². The lowest BCUT2D eigenvalue weighted by atomic mass is 9.67. The van der Waals surface area contributed by atoms with Crippen LogP contribution in [-0.4, -0.2) is 4.99 Å². The Morgan fingerprint density at radius 2 is 1.51 bits per heavy atom. The molecule has 0 radical (unpaired) electrons. The number of hydrogen-bond acceptors (Lipinski definition) is 2. The number of allylic oxidation sites excluding steroid dienone is 4. The SMILES string of the molecule is C=C1CC(C)(C)CC2=C1C(c1ccc(-c3ccccc3)cc1)C(C(=S)NCc1ccc(CC)cc1)=C(CC)N2. The van der Waals surface area contributed by atoms with Crippen molar-refractivity contribution >= 4 is 17.2 Å². The van der Waals surface area contributed by atoms with Gasteiger partial charge in [0.2, 0.25) is 0 Å². The summed E-state index contributed by atoms with van der Waals surface area (Å²) in [6.07, 6.45) is 3.95. The van der Waals surface area contributed by atoms with Crippen LogP contribution < -0.4 is 10.6 Å². The molecule has 2 aliphatic rings. The van der Waals surface area contributed by atoms with Crippen LogP contribution in [-0.2, 0) is 13.0 Å². The van der Waals surface area contributed by atoms with Crippen LogP contribution in [0.3, 0.4) is 0 Å². The summed E-state index contributed by atoms with van der Waals surface area (Å²) in [4.78, 5) is 0.820. The van der Waals surface area contributed by atoms with Crippen molar-refractivity contribution < 1.29 is 0 Å². The first-order valence-electron chi connectivity index (χ1n) is 14.2. The highest BCUT2D eigenvalue weighted by atomic mass is 32.1. The summed E-state index contributed by atoms with van der Waals surface area (Å²) in [6.45, 7) is 14.4. The minimum Gasteiger partial charge on any atom is -0.372 e. The molecule has 0 bridgehead atoms. The molecule has 1 unspecified atom stereocenters. The lowest BCUT2D eigenvalue weighted by Gasteiger charge is -2.42. The van der Waals surface area contributed by atoms with E-state index in [2.05, 4.69) is 124 Å². The number of aryl methyl sites for hydroxylation is 1. The molecule has 0 spiro atoms. The molecule has 0 saturated carbocycles. The third-order valence-electron chi connectivity index (χ3n) is 8.09. The molecule has 2 nitrogen and oxygen atoms in total. The maximum absolute atomic E-state index is 6.16. The van der Waals surface area contributed by atoms with Crippen molar-refractivity contribution in [3.8, 4) is 11.1 Å². The second-order valence-electron chi connectivity index (χ2n) is 11.7. The second-order valence-corrected chi connectivity index (χ2v) is 12.1. The zero-order valence-electron chi connectivity index (χ0n) is 23.7. The van der Waals surface area contributed by atoms with Gasteiger partial charge in [-0.25, -0.2) is 0 Å². The quantitative estimate of drug-likeness (QED) is 0.297. The average Bonchev–Trinajstić information content (AvgIpc) is 2.95. The predicted octanol–water partition coefficient (Wildman–Crippen LogP) is 9.01. The molecule has 1 atom stereocenters. The smallest absolute Gasteiger partial charge is 0.105 e. The molecule has 39 heavy (non-hydrogen) atoms. The molecule has 200 valence electrons. The third-order valence-corrected chi connectivity index (χ3v) is 8.46. The lowest BCUT2D eigenvalue weighted by Crippen LogP contribution is -2.38. The maximum atomic E-state index is 6.16. The Balaban J connectivity index is 1.53. The molecule has 3 aromatic rings. The number of nitrogens with one attached hydrogen (secondary N) is 2. The Bertz CT molecular complexity index is 1420. The molecule has 3 aromatic carbocycles. The van der Waals surface area contributed by atoms with E-state index in [1.165, 1.54) is 55.9 Å². The lowest BCUT2D eigenvalue weighted by molar-refractivity contribution is 0.335. The molecule has 0 amide bonds. The fourth-order valence-electron chi connectivity index (χ4n) is 6.13. The van der Waals surface area contributed by atoms with Crippen molar-refractivity contribution in [1.82, 2.24) is 10.6 Å². The van der Waals surface area contributed by atoms with Crippen LogP contribution >= 0.6 is 12.2 Å². The molecular formula is C36H40N2S. The Morgan fingerprint density at radius 1 is 0.872 bits per heavy atom. The van der Waals surface area contributed by atoms with Crippen molar-refractivity contribution in [3.63, 3.8) is 0 Å². The molecule has 0 aromatic heterocycles. The standard InChI is InChI=1S/C36H40N2S/c1-6-25-13-15-26(16-14-25)23-37-35(39)34-30(7-2)38-31-22-36(4,5)21-24(3)32(31)33(34)29-19-17-28(18-20-29)27-11-9-8-10-12-27/h8-20,33,38H,3,6-7,21-23H2,1-2,4-5H3,(H,37,39). The minimum atomic E-state index is 0.0621. The van der Waals surface area contributed by atoms with Crippen LogP contribution in [0, 0.1) is 5.41 Å². The van der Waals surface area contributed by atoms with E-state index in [1.54, 1.807) is 0 Å². The van der Waals surface area contributed by atoms with E-state index < -0.39 is 0 Å². The molecule has 1 aliphatic carbocycles. The molecule has 0 fully saturated rings. The Kier molecular flexibility index (Phi) is 7.91. The van der Waals surface area contributed by atoms with Crippen molar-refractivity contribution in [2.75, 3.05) is 0 Å². The van der Waals surface area contributed by atoms with E-state index in [9.17, 15) is 0 Å². The predicted molar refractivity (Wildman–Crippen MR) is 170 cm³/mol. The first kappa shape index (κ1) is 27.1. The van der Waals surface area contributed by atoms with Gasteiger partial charge in [0, 0.05) is 29.4 Å². The van der Waals surface area contributed by atoms with Gasteiger partial charge in [0.1, 0.15) is 4.99 Å². The fourth-order valence-corrected chi connectivity index (χ4v) is 6.44. The molecule has 1 aliphatic heterocycles. The van der Waals surface area contributed by atoms with Gasteiger partial charge in [0.05, 0.1) is 0 Å². The van der Waals surface area contributed by atoms with Gasteiger partial charge in [-0.3, -0.25) is 0 Å². The summed E-state index contributed by atoms with van der Waals surface area (Å²) < 4.78 is 0. The highest BCUT2D eigenvalue weighted by molar-refractivity contribution is 7.80. The summed E-state index contributed by atoms with van der Waals surface area (Å²) in [7, 11) is 0. The zero-order valence-corrected chi connectivity index (χ0v) is 24.6. The Hall–Kier alpha value is -3.43. The molecule has 1 heterocycles. The van der Waals surface area contributed by atoms with Gasteiger partial charge in [-0.15, -0.1) is 0 Å². The number of dihydropyridines is 1. The Labute approximate surface area is 239 Å². The van der Waals surface area contributed by atoms with Crippen LogP contribution in [0.4, 0.5) is 0 Å². The summed E-state index contributed by atoms with van der Waals surface area (Å²) >= 11 is 6.16. The van der Waals surface area contributed by atoms with Crippen LogP contribution in [0.5, 0.6) is 0 Å². The van der Waals surface area contributed by atoms with E-state index in [0.717, 1.165) is 30.7 Å². The number of thiocarbonyl (C=S) groups is 1. The fraction of sp³-hybridized carbons (Fsp3) is 0.306. The van der Waals surface area contributed by atoms with Crippen LogP contribution in [0.15, 0.2) is 114 Å². The Morgan fingerprint density at radius 3 is 2.15 bits per heavy atom. The highest BCUT2D eigenvalue weighted by Crippen LogP contribution is 2.50. The third kappa shape index (κ3) is 5.79. The first-order valence-corrected chi connectivity index (χ1v) is 14.6. The van der Waals surface area contributed by atoms with Gasteiger partial charge in [0.25, 0.3) is 0 Å².